The molecule has 1 aromatic carbocycles. The summed E-state index contributed by atoms with van der Waals surface area (Å²) in [5.74, 6) is 0.914. The fourth-order valence-electron chi connectivity index (χ4n) is 1.44. The Morgan fingerprint density at radius 2 is 2.00 bits per heavy atom. The van der Waals surface area contributed by atoms with E-state index in [9.17, 15) is 8.78 Å². The summed E-state index contributed by atoms with van der Waals surface area (Å²) in [5.41, 5.74) is 6.14. The minimum absolute atomic E-state index is 0.000981. The molecule has 0 bridgehead atoms. The molecule has 0 radical (unpaired) electrons. The number of aromatic nitrogens is 2. The van der Waals surface area contributed by atoms with Crippen LogP contribution in [0.3, 0.4) is 0 Å². The lowest BCUT2D eigenvalue weighted by Gasteiger charge is -2.03. The molecule has 1 aromatic heterocycles. The Labute approximate surface area is 108 Å². The van der Waals surface area contributed by atoms with Crippen LogP contribution in [0.2, 0.25) is 0 Å². The van der Waals surface area contributed by atoms with Crippen LogP contribution in [-0.2, 0) is 0 Å². The Balaban J connectivity index is 2.15. The fraction of sp³-hybridized carbons (Fsp3) is 0.333. The maximum atomic E-state index is 12.0. The zero-order valence-corrected chi connectivity index (χ0v) is 10.2. The van der Waals surface area contributed by atoms with Gasteiger partial charge in [0.05, 0.1) is 0 Å². The van der Waals surface area contributed by atoms with Crippen LogP contribution in [0, 0.1) is 0 Å². The van der Waals surface area contributed by atoms with E-state index >= 15 is 0 Å². The van der Waals surface area contributed by atoms with Gasteiger partial charge in [-0.1, -0.05) is 12.1 Å². The monoisotopic (exact) mass is 269 g/mol. The first-order chi connectivity index (χ1) is 9.10. The highest BCUT2D eigenvalue weighted by molar-refractivity contribution is 5.54. The van der Waals surface area contributed by atoms with Crippen LogP contribution < -0.4 is 10.5 Å². The maximum absolute atomic E-state index is 12.0. The first-order valence-electron chi connectivity index (χ1n) is 5.69. The molecule has 1 atom stereocenters. The predicted molar refractivity (Wildman–Crippen MR) is 63.8 cm³/mol. The third kappa shape index (κ3) is 3.25. The average Bonchev–Trinajstić information content (AvgIpc) is 2.87. The standard InChI is InChI=1S/C12H13F2N3O2/c1-7(6-15)10-16-11(19-17-10)8-2-4-9(5-3-8)18-12(13)14/h2-5,7,12H,6,15H2,1H3. The van der Waals surface area contributed by atoms with Crippen LogP contribution in [-0.4, -0.2) is 23.3 Å². The Morgan fingerprint density at radius 3 is 2.58 bits per heavy atom. The van der Waals surface area contributed by atoms with E-state index in [1.165, 1.54) is 12.1 Å². The molecule has 1 unspecified atom stereocenters. The minimum atomic E-state index is -2.84. The molecule has 0 amide bonds. The van der Waals surface area contributed by atoms with Gasteiger partial charge in [0, 0.05) is 18.0 Å². The number of benzene rings is 1. The first-order valence-corrected chi connectivity index (χ1v) is 5.69. The number of nitrogens with zero attached hydrogens (tertiary/aromatic N) is 2. The van der Waals surface area contributed by atoms with Crippen molar-refractivity contribution in [3.8, 4) is 17.2 Å². The summed E-state index contributed by atoms with van der Waals surface area (Å²) in [4.78, 5) is 4.20. The molecule has 0 aliphatic heterocycles. The van der Waals surface area contributed by atoms with Crippen molar-refractivity contribution >= 4 is 0 Å². The first kappa shape index (κ1) is 13.4. The van der Waals surface area contributed by atoms with Crippen molar-refractivity contribution in [3.05, 3.63) is 30.1 Å². The molecule has 7 heteroatoms. The highest BCUT2D eigenvalue weighted by atomic mass is 19.3. The van der Waals surface area contributed by atoms with E-state index in [2.05, 4.69) is 14.9 Å². The number of rotatable bonds is 5. The SMILES string of the molecule is CC(CN)c1noc(-c2ccc(OC(F)F)cc2)n1. The summed E-state index contributed by atoms with van der Waals surface area (Å²) in [6.45, 7) is -0.541. The normalized spacial score (nSPS) is 12.7. The minimum Gasteiger partial charge on any atom is -0.435 e. The number of ether oxygens (including phenoxy) is 1. The molecule has 2 N–H and O–H groups in total. The topological polar surface area (TPSA) is 74.2 Å². The van der Waals surface area contributed by atoms with Gasteiger partial charge in [0.2, 0.25) is 0 Å². The van der Waals surface area contributed by atoms with Gasteiger partial charge >= 0.3 is 6.61 Å². The lowest BCUT2D eigenvalue weighted by atomic mass is 10.2. The number of hydrogen-bond donors (Lipinski definition) is 1. The van der Waals surface area contributed by atoms with Gasteiger partial charge in [-0.05, 0) is 24.3 Å². The zero-order chi connectivity index (χ0) is 13.8. The van der Waals surface area contributed by atoms with Gasteiger partial charge in [-0.25, -0.2) is 0 Å². The van der Waals surface area contributed by atoms with Gasteiger partial charge in [0.25, 0.3) is 5.89 Å². The van der Waals surface area contributed by atoms with E-state index in [-0.39, 0.29) is 11.7 Å². The molecule has 0 spiro atoms. The maximum Gasteiger partial charge on any atom is 0.387 e. The van der Waals surface area contributed by atoms with E-state index in [0.717, 1.165) is 0 Å². The largest absolute Gasteiger partial charge is 0.435 e. The van der Waals surface area contributed by atoms with Crippen molar-refractivity contribution < 1.29 is 18.0 Å². The van der Waals surface area contributed by atoms with E-state index in [1.54, 1.807) is 12.1 Å². The van der Waals surface area contributed by atoms with Crippen LogP contribution in [0.25, 0.3) is 11.5 Å². The third-order valence-electron chi connectivity index (χ3n) is 2.56. The third-order valence-corrected chi connectivity index (χ3v) is 2.56. The lowest BCUT2D eigenvalue weighted by molar-refractivity contribution is -0.0498. The second-order valence-corrected chi connectivity index (χ2v) is 4.00. The summed E-state index contributed by atoms with van der Waals surface area (Å²) in [7, 11) is 0. The molecule has 0 saturated heterocycles. The molecular formula is C12H13F2N3O2. The van der Waals surface area contributed by atoms with Crippen molar-refractivity contribution in [1.82, 2.24) is 10.1 Å². The van der Waals surface area contributed by atoms with Crippen LogP contribution in [0.5, 0.6) is 5.75 Å². The van der Waals surface area contributed by atoms with Crippen molar-refractivity contribution in [2.75, 3.05) is 6.54 Å². The number of alkyl halides is 2. The number of nitrogens with two attached hydrogens (primary N) is 1. The molecule has 5 nitrogen and oxygen atoms in total. The van der Waals surface area contributed by atoms with Gasteiger partial charge < -0.3 is 15.0 Å². The predicted octanol–water partition coefficient (Wildman–Crippen LogP) is 2.40. The number of hydrogen-bond acceptors (Lipinski definition) is 5. The Bertz CT molecular complexity index is 528. The highest BCUT2D eigenvalue weighted by Gasteiger charge is 2.13. The molecular weight excluding hydrogens is 256 g/mol. The molecule has 1 heterocycles. The molecule has 0 aliphatic carbocycles. The Hall–Kier alpha value is -2.02. The molecule has 2 rings (SSSR count). The van der Waals surface area contributed by atoms with Crippen molar-refractivity contribution in [3.63, 3.8) is 0 Å². The van der Waals surface area contributed by atoms with E-state index < -0.39 is 6.61 Å². The Kier molecular flexibility index (Phi) is 4.06. The highest BCUT2D eigenvalue weighted by Crippen LogP contribution is 2.23. The van der Waals surface area contributed by atoms with Gasteiger partial charge in [0.15, 0.2) is 5.82 Å². The van der Waals surface area contributed by atoms with Gasteiger partial charge in [0.1, 0.15) is 5.75 Å². The summed E-state index contributed by atoms with van der Waals surface area (Å²) in [6, 6.07) is 5.97. The summed E-state index contributed by atoms with van der Waals surface area (Å²) >= 11 is 0. The lowest BCUT2D eigenvalue weighted by Crippen LogP contribution is -2.10. The number of halogens is 2. The summed E-state index contributed by atoms with van der Waals surface area (Å²) in [5, 5.41) is 3.82. The average molecular weight is 269 g/mol. The zero-order valence-electron chi connectivity index (χ0n) is 10.2. The van der Waals surface area contributed by atoms with E-state index in [1.807, 2.05) is 6.92 Å². The molecule has 0 fully saturated rings. The van der Waals surface area contributed by atoms with E-state index in [0.29, 0.717) is 23.8 Å². The van der Waals surface area contributed by atoms with Crippen LogP contribution in [0.15, 0.2) is 28.8 Å². The molecule has 102 valence electrons. The van der Waals surface area contributed by atoms with Crippen LogP contribution >= 0.6 is 0 Å². The van der Waals surface area contributed by atoms with Crippen molar-refractivity contribution in [2.45, 2.75) is 19.5 Å². The fourth-order valence-corrected chi connectivity index (χ4v) is 1.44. The second-order valence-electron chi connectivity index (χ2n) is 4.00. The quantitative estimate of drug-likeness (QED) is 0.902. The van der Waals surface area contributed by atoms with Crippen LogP contribution in [0.1, 0.15) is 18.7 Å². The van der Waals surface area contributed by atoms with Gasteiger partial charge in [-0.2, -0.15) is 13.8 Å². The summed E-state index contributed by atoms with van der Waals surface area (Å²) < 4.78 is 33.3. The Morgan fingerprint density at radius 1 is 1.32 bits per heavy atom. The summed E-state index contributed by atoms with van der Waals surface area (Å²) in [6.07, 6.45) is 0. The molecule has 19 heavy (non-hydrogen) atoms. The van der Waals surface area contributed by atoms with Crippen LogP contribution in [0.4, 0.5) is 8.78 Å². The van der Waals surface area contributed by atoms with Gasteiger partial charge in [-0.3, -0.25) is 0 Å². The van der Waals surface area contributed by atoms with E-state index in [4.69, 9.17) is 10.3 Å². The second kappa shape index (κ2) is 5.75. The van der Waals surface area contributed by atoms with Gasteiger partial charge in [-0.15, -0.1) is 0 Å². The smallest absolute Gasteiger partial charge is 0.387 e. The molecule has 0 saturated carbocycles. The molecule has 0 aliphatic rings. The molecule has 2 aromatic rings. The van der Waals surface area contributed by atoms with Crippen molar-refractivity contribution in [2.24, 2.45) is 5.73 Å². The van der Waals surface area contributed by atoms with Crippen molar-refractivity contribution in [1.29, 1.82) is 0 Å².